The summed E-state index contributed by atoms with van der Waals surface area (Å²) < 4.78 is 30.0. The van der Waals surface area contributed by atoms with Crippen molar-refractivity contribution in [2.45, 2.75) is 32.7 Å². The van der Waals surface area contributed by atoms with Gasteiger partial charge in [-0.2, -0.15) is 0 Å². The van der Waals surface area contributed by atoms with Crippen LogP contribution in [-0.4, -0.2) is 63.9 Å². The zero-order valence-electron chi connectivity index (χ0n) is 19.9. The summed E-state index contributed by atoms with van der Waals surface area (Å²) in [4.78, 5) is 5.01. The zero-order chi connectivity index (χ0) is 22.9. The lowest BCUT2D eigenvalue weighted by molar-refractivity contribution is 0.132. The molecule has 1 saturated heterocycles. The number of methoxy groups -OCH3 is 3. The molecule has 6 heteroatoms. The fourth-order valence-electron chi connectivity index (χ4n) is 4.61. The quantitative estimate of drug-likeness (QED) is 0.505. The van der Waals surface area contributed by atoms with Gasteiger partial charge in [0.1, 0.15) is 11.6 Å². The van der Waals surface area contributed by atoms with Gasteiger partial charge in [-0.05, 0) is 62.0 Å². The summed E-state index contributed by atoms with van der Waals surface area (Å²) >= 11 is 0. The van der Waals surface area contributed by atoms with E-state index in [-0.39, 0.29) is 5.82 Å². The van der Waals surface area contributed by atoms with Gasteiger partial charge in [-0.3, -0.25) is 4.90 Å². The van der Waals surface area contributed by atoms with Crippen LogP contribution in [0.25, 0.3) is 0 Å². The molecular weight excluding hydrogens is 407 g/mol. The lowest BCUT2D eigenvalue weighted by Crippen LogP contribution is -2.41. The summed E-state index contributed by atoms with van der Waals surface area (Å²) in [6.07, 6.45) is 3.35. The Morgan fingerprint density at radius 1 is 1.03 bits per heavy atom. The molecule has 32 heavy (non-hydrogen) atoms. The van der Waals surface area contributed by atoms with Crippen molar-refractivity contribution >= 4 is 0 Å². The lowest BCUT2D eigenvalue weighted by Gasteiger charge is -2.35. The summed E-state index contributed by atoms with van der Waals surface area (Å²) in [5.74, 6) is 2.70. The molecule has 1 atom stereocenters. The number of benzene rings is 2. The topological polar surface area (TPSA) is 34.2 Å². The fourth-order valence-corrected chi connectivity index (χ4v) is 4.61. The summed E-state index contributed by atoms with van der Waals surface area (Å²) in [7, 11) is 4.99. The highest BCUT2D eigenvalue weighted by Crippen LogP contribution is 2.35. The minimum atomic E-state index is -0.150. The third kappa shape index (κ3) is 6.59. The van der Waals surface area contributed by atoms with E-state index in [0.29, 0.717) is 11.7 Å². The number of ether oxygens (including phenoxy) is 3. The van der Waals surface area contributed by atoms with E-state index in [1.807, 2.05) is 18.2 Å². The van der Waals surface area contributed by atoms with E-state index in [0.717, 1.165) is 68.3 Å². The molecule has 0 radical (unpaired) electrons. The standard InChI is InChI=1S/C26H37FN2O3/c1-5-28(19-22-15-25(31-3)26(32-4)16-24(22)30-2)17-21-9-7-12-29(18-21)13-11-20-8-6-10-23(27)14-20/h6,8,10,14-16,21H,5,7,9,11-13,17-19H2,1-4H3/t21-/m1/s1. The van der Waals surface area contributed by atoms with Crippen molar-refractivity contribution in [3.05, 3.63) is 53.3 Å². The molecule has 1 fully saturated rings. The highest BCUT2D eigenvalue weighted by Gasteiger charge is 2.23. The number of rotatable bonds is 11. The van der Waals surface area contributed by atoms with Crippen molar-refractivity contribution in [1.29, 1.82) is 0 Å². The smallest absolute Gasteiger partial charge is 0.164 e. The van der Waals surface area contributed by atoms with E-state index < -0.39 is 0 Å². The number of nitrogens with zero attached hydrogens (tertiary/aromatic N) is 2. The van der Waals surface area contributed by atoms with E-state index in [1.165, 1.54) is 18.9 Å². The van der Waals surface area contributed by atoms with Gasteiger partial charge < -0.3 is 19.1 Å². The van der Waals surface area contributed by atoms with Crippen LogP contribution in [0.5, 0.6) is 17.2 Å². The predicted octanol–water partition coefficient (Wildman–Crippen LogP) is 4.63. The molecule has 1 aliphatic heterocycles. The van der Waals surface area contributed by atoms with Gasteiger partial charge >= 0.3 is 0 Å². The van der Waals surface area contributed by atoms with Crippen LogP contribution in [0.15, 0.2) is 36.4 Å². The molecule has 2 aromatic carbocycles. The normalized spacial score (nSPS) is 16.9. The first-order valence-electron chi connectivity index (χ1n) is 11.5. The van der Waals surface area contributed by atoms with E-state index >= 15 is 0 Å². The first kappa shape index (κ1) is 24.3. The van der Waals surface area contributed by atoms with E-state index in [2.05, 4.69) is 16.7 Å². The summed E-state index contributed by atoms with van der Waals surface area (Å²) in [6, 6.07) is 10.9. The van der Waals surface area contributed by atoms with Gasteiger partial charge in [-0.25, -0.2) is 4.39 Å². The fraction of sp³-hybridized carbons (Fsp3) is 0.538. The third-order valence-corrected chi connectivity index (χ3v) is 6.35. The van der Waals surface area contributed by atoms with Crippen molar-refractivity contribution in [1.82, 2.24) is 9.80 Å². The molecule has 0 aliphatic carbocycles. The first-order valence-corrected chi connectivity index (χ1v) is 11.5. The molecule has 5 nitrogen and oxygen atoms in total. The highest BCUT2D eigenvalue weighted by atomic mass is 19.1. The minimum Gasteiger partial charge on any atom is -0.496 e. The average molecular weight is 445 g/mol. The molecule has 0 aromatic heterocycles. The van der Waals surface area contributed by atoms with Crippen LogP contribution >= 0.6 is 0 Å². The maximum Gasteiger partial charge on any atom is 0.164 e. The Kier molecular flexibility index (Phi) is 9.18. The van der Waals surface area contributed by atoms with Gasteiger partial charge in [-0.15, -0.1) is 0 Å². The Morgan fingerprint density at radius 3 is 2.47 bits per heavy atom. The van der Waals surface area contributed by atoms with Crippen molar-refractivity contribution in [3.8, 4) is 17.2 Å². The second-order valence-electron chi connectivity index (χ2n) is 8.54. The Balaban J connectivity index is 1.59. The van der Waals surface area contributed by atoms with E-state index in [1.54, 1.807) is 33.5 Å². The largest absolute Gasteiger partial charge is 0.496 e. The first-order chi connectivity index (χ1) is 15.6. The van der Waals surface area contributed by atoms with Gasteiger partial charge in [-0.1, -0.05) is 19.1 Å². The molecule has 0 saturated carbocycles. The number of likely N-dealkylation sites (tertiary alicyclic amines) is 1. The average Bonchev–Trinajstić information content (AvgIpc) is 2.82. The number of halogens is 1. The van der Waals surface area contributed by atoms with Crippen molar-refractivity contribution in [3.63, 3.8) is 0 Å². The van der Waals surface area contributed by atoms with E-state index in [9.17, 15) is 4.39 Å². The number of hydrogen-bond acceptors (Lipinski definition) is 5. The van der Waals surface area contributed by atoms with Crippen LogP contribution < -0.4 is 14.2 Å². The van der Waals surface area contributed by atoms with Gasteiger partial charge in [0, 0.05) is 37.8 Å². The van der Waals surface area contributed by atoms with Crippen molar-refractivity contribution < 1.29 is 18.6 Å². The molecule has 0 N–H and O–H groups in total. The summed E-state index contributed by atoms with van der Waals surface area (Å²) in [5.41, 5.74) is 2.17. The van der Waals surface area contributed by atoms with Gasteiger partial charge in [0.05, 0.1) is 21.3 Å². The Bertz CT molecular complexity index is 861. The van der Waals surface area contributed by atoms with Crippen LogP contribution in [0.1, 0.15) is 30.9 Å². The summed E-state index contributed by atoms with van der Waals surface area (Å²) in [6.45, 7) is 8.23. The third-order valence-electron chi connectivity index (χ3n) is 6.35. The van der Waals surface area contributed by atoms with E-state index in [4.69, 9.17) is 14.2 Å². The van der Waals surface area contributed by atoms with Gasteiger partial charge in [0.15, 0.2) is 11.5 Å². The molecule has 176 valence electrons. The second kappa shape index (κ2) is 12.1. The summed E-state index contributed by atoms with van der Waals surface area (Å²) in [5, 5.41) is 0. The van der Waals surface area contributed by atoms with Crippen LogP contribution in [0.2, 0.25) is 0 Å². The Morgan fingerprint density at radius 2 is 1.78 bits per heavy atom. The number of hydrogen-bond donors (Lipinski definition) is 0. The minimum absolute atomic E-state index is 0.150. The van der Waals surface area contributed by atoms with Crippen molar-refractivity contribution in [2.75, 3.05) is 54.1 Å². The second-order valence-corrected chi connectivity index (χ2v) is 8.54. The predicted molar refractivity (Wildman–Crippen MR) is 126 cm³/mol. The molecule has 3 rings (SSSR count). The molecule has 0 bridgehead atoms. The Labute approximate surface area is 192 Å². The molecule has 0 unspecified atom stereocenters. The molecule has 1 aliphatic rings. The monoisotopic (exact) mass is 444 g/mol. The molecule has 0 amide bonds. The number of piperidine rings is 1. The van der Waals surface area contributed by atoms with Crippen LogP contribution in [0.3, 0.4) is 0 Å². The van der Waals surface area contributed by atoms with Gasteiger partial charge in [0.25, 0.3) is 0 Å². The van der Waals surface area contributed by atoms with Crippen LogP contribution in [0.4, 0.5) is 4.39 Å². The van der Waals surface area contributed by atoms with Crippen LogP contribution in [0, 0.1) is 11.7 Å². The zero-order valence-corrected chi connectivity index (χ0v) is 19.9. The SMILES string of the molecule is CCN(Cc1cc(OC)c(OC)cc1OC)C[C@H]1CCCN(CCc2cccc(F)c2)C1. The molecule has 0 spiro atoms. The van der Waals surface area contributed by atoms with Crippen molar-refractivity contribution in [2.24, 2.45) is 5.92 Å². The maximum atomic E-state index is 13.5. The van der Waals surface area contributed by atoms with Gasteiger partial charge in [0.2, 0.25) is 0 Å². The van der Waals surface area contributed by atoms with Crippen LogP contribution in [-0.2, 0) is 13.0 Å². The molecule has 2 aromatic rings. The molecule has 1 heterocycles. The highest BCUT2D eigenvalue weighted by molar-refractivity contribution is 5.50. The molecular formula is C26H37FN2O3. The maximum absolute atomic E-state index is 13.5. The lowest BCUT2D eigenvalue weighted by atomic mass is 9.96. The Hall–Kier alpha value is -2.31.